The Kier molecular flexibility index (Phi) is 5.33. The van der Waals surface area contributed by atoms with Gasteiger partial charge in [-0.3, -0.25) is 4.79 Å². The molecule has 1 heterocycles. The number of para-hydroxylation sites is 1. The summed E-state index contributed by atoms with van der Waals surface area (Å²) >= 11 is 4.04. The van der Waals surface area contributed by atoms with Crippen molar-refractivity contribution in [1.29, 1.82) is 0 Å². The first-order valence-corrected chi connectivity index (χ1v) is 7.42. The van der Waals surface area contributed by atoms with Crippen LogP contribution in [0.4, 0.5) is 0 Å². The number of ether oxygens (including phenoxy) is 1. The molecule has 112 valence electrons. The lowest BCUT2D eigenvalue weighted by atomic mass is 10.1. The predicted molar refractivity (Wildman–Crippen MR) is 85.1 cm³/mol. The summed E-state index contributed by atoms with van der Waals surface area (Å²) in [5.41, 5.74) is 2.15. The third kappa shape index (κ3) is 4.04. The van der Waals surface area contributed by atoms with E-state index in [1.807, 2.05) is 32.0 Å². The maximum absolute atomic E-state index is 11.7. The standard InChI is InChI=1S/C16H19NO3S/c1-11-4-3-5-12(2)15(11)19-10-13-6-7-14(20-13)16(18)17-8-9-21/h3-7,21H,8-10H2,1-2H3,(H,17,18). The maximum Gasteiger partial charge on any atom is 0.287 e. The zero-order chi connectivity index (χ0) is 15.2. The Bertz CT molecular complexity index is 601. The maximum atomic E-state index is 11.7. The molecule has 2 rings (SSSR count). The lowest BCUT2D eigenvalue weighted by molar-refractivity contribution is 0.0924. The summed E-state index contributed by atoms with van der Waals surface area (Å²) in [6.07, 6.45) is 0. The van der Waals surface area contributed by atoms with Crippen LogP contribution in [0.5, 0.6) is 5.75 Å². The van der Waals surface area contributed by atoms with Crippen molar-refractivity contribution < 1.29 is 13.9 Å². The lowest BCUT2D eigenvalue weighted by Crippen LogP contribution is -2.24. The summed E-state index contributed by atoms with van der Waals surface area (Å²) in [5.74, 6) is 2.12. The van der Waals surface area contributed by atoms with Crippen LogP contribution in [0.1, 0.15) is 27.4 Å². The molecule has 0 saturated carbocycles. The molecule has 5 heteroatoms. The van der Waals surface area contributed by atoms with Crippen LogP contribution in [-0.4, -0.2) is 18.2 Å². The topological polar surface area (TPSA) is 51.5 Å². The van der Waals surface area contributed by atoms with Crippen LogP contribution in [0.3, 0.4) is 0 Å². The summed E-state index contributed by atoms with van der Waals surface area (Å²) in [7, 11) is 0. The molecule has 0 aliphatic rings. The second-order valence-electron chi connectivity index (χ2n) is 4.76. The molecule has 21 heavy (non-hydrogen) atoms. The van der Waals surface area contributed by atoms with Gasteiger partial charge in [-0.15, -0.1) is 0 Å². The van der Waals surface area contributed by atoms with E-state index < -0.39 is 0 Å². The van der Waals surface area contributed by atoms with Crippen molar-refractivity contribution in [3.63, 3.8) is 0 Å². The van der Waals surface area contributed by atoms with Crippen molar-refractivity contribution >= 4 is 18.5 Å². The molecule has 0 radical (unpaired) electrons. The first kappa shape index (κ1) is 15.5. The highest BCUT2D eigenvalue weighted by atomic mass is 32.1. The smallest absolute Gasteiger partial charge is 0.287 e. The number of carbonyl (C=O) groups excluding carboxylic acids is 1. The van der Waals surface area contributed by atoms with Gasteiger partial charge in [0.25, 0.3) is 5.91 Å². The van der Waals surface area contributed by atoms with E-state index in [2.05, 4.69) is 17.9 Å². The van der Waals surface area contributed by atoms with Gasteiger partial charge in [-0.05, 0) is 37.1 Å². The average Bonchev–Trinajstić information content (AvgIpc) is 2.93. The molecule has 1 aromatic carbocycles. The van der Waals surface area contributed by atoms with Gasteiger partial charge in [0.1, 0.15) is 18.1 Å². The summed E-state index contributed by atoms with van der Waals surface area (Å²) in [6.45, 7) is 4.81. The van der Waals surface area contributed by atoms with E-state index in [-0.39, 0.29) is 11.7 Å². The summed E-state index contributed by atoms with van der Waals surface area (Å²) in [5, 5.41) is 2.70. The molecule has 0 saturated heterocycles. The molecule has 0 aliphatic carbocycles. The largest absolute Gasteiger partial charge is 0.485 e. The second-order valence-corrected chi connectivity index (χ2v) is 5.20. The Balaban J connectivity index is 1.98. The van der Waals surface area contributed by atoms with Crippen LogP contribution < -0.4 is 10.1 Å². The van der Waals surface area contributed by atoms with Gasteiger partial charge < -0.3 is 14.5 Å². The SMILES string of the molecule is Cc1cccc(C)c1OCc1ccc(C(=O)NCCS)o1. The zero-order valence-electron chi connectivity index (χ0n) is 12.2. The minimum absolute atomic E-state index is 0.234. The van der Waals surface area contributed by atoms with Crippen molar-refractivity contribution in [3.8, 4) is 5.75 Å². The van der Waals surface area contributed by atoms with E-state index in [0.29, 0.717) is 24.7 Å². The molecule has 0 fully saturated rings. The first-order chi connectivity index (χ1) is 10.1. The Hall–Kier alpha value is -1.88. The van der Waals surface area contributed by atoms with Gasteiger partial charge in [0, 0.05) is 12.3 Å². The van der Waals surface area contributed by atoms with Crippen LogP contribution in [0, 0.1) is 13.8 Å². The number of hydrogen-bond donors (Lipinski definition) is 2. The highest BCUT2D eigenvalue weighted by Gasteiger charge is 2.11. The molecule has 1 amide bonds. The third-order valence-electron chi connectivity index (χ3n) is 3.05. The molecule has 0 aliphatic heterocycles. The van der Waals surface area contributed by atoms with Crippen molar-refractivity contribution in [3.05, 3.63) is 53.0 Å². The molecule has 0 spiro atoms. The van der Waals surface area contributed by atoms with Crippen molar-refractivity contribution in [2.75, 3.05) is 12.3 Å². The fourth-order valence-corrected chi connectivity index (χ4v) is 2.12. The number of aryl methyl sites for hydroxylation is 2. The first-order valence-electron chi connectivity index (χ1n) is 6.78. The molecule has 4 nitrogen and oxygen atoms in total. The monoisotopic (exact) mass is 305 g/mol. The number of rotatable bonds is 6. The fourth-order valence-electron chi connectivity index (χ4n) is 2.00. The molecule has 0 unspecified atom stereocenters. The van der Waals surface area contributed by atoms with E-state index >= 15 is 0 Å². The number of hydrogen-bond acceptors (Lipinski definition) is 4. The highest BCUT2D eigenvalue weighted by molar-refractivity contribution is 7.80. The van der Waals surface area contributed by atoms with Gasteiger partial charge in [-0.2, -0.15) is 12.6 Å². The third-order valence-corrected chi connectivity index (χ3v) is 3.27. The molecular weight excluding hydrogens is 286 g/mol. The van der Waals surface area contributed by atoms with Gasteiger partial charge >= 0.3 is 0 Å². The predicted octanol–water partition coefficient (Wildman–Crippen LogP) is 3.14. The van der Waals surface area contributed by atoms with E-state index in [4.69, 9.17) is 9.15 Å². The number of thiol groups is 1. The molecule has 0 bridgehead atoms. The van der Waals surface area contributed by atoms with Gasteiger partial charge in [0.15, 0.2) is 5.76 Å². The summed E-state index contributed by atoms with van der Waals surface area (Å²) in [4.78, 5) is 11.7. The average molecular weight is 305 g/mol. The van der Waals surface area contributed by atoms with Gasteiger partial charge in [0.2, 0.25) is 0 Å². The summed E-state index contributed by atoms with van der Waals surface area (Å²) < 4.78 is 11.3. The number of amides is 1. The quantitative estimate of drug-likeness (QED) is 0.806. The van der Waals surface area contributed by atoms with Crippen LogP contribution in [0.25, 0.3) is 0 Å². The molecule has 0 atom stereocenters. The minimum Gasteiger partial charge on any atom is -0.485 e. The summed E-state index contributed by atoms with van der Waals surface area (Å²) in [6, 6.07) is 9.40. The molecule has 1 aromatic heterocycles. The number of furan rings is 1. The van der Waals surface area contributed by atoms with Crippen molar-refractivity contribution in [1.82, 2.24) is 5.32 Å². The normalized spacial score (nSPS) is 10.4. The van der Waals surface area contributed by atoms with Crippen LogP contribution >= 0.6 is 12.6 Å². The van der Waals surface area contributed by atoms with E-state index in [9.17, 15) is 4.79 Å². The Morgan fingerprint density at radius 2 is 1.95 bits per heavy atom. The van der Waals surface area contributed by atoms with Crippen LogP contribution in [0.15, 0.2) is 34.7 Å². The number of nitrogens with one attached hydrogen (secondary N) is 1. The Morgan fingerprint density at radius 1 is 1.24 bits per heavy atom. The Morgan fingerprint density at radius 3 is 2.62 bits per heavy atom. The Labute approximate surface area is 129 Å². The van der Waals surface area contributed by atoms with Crippen LogP contribution in [-0.2, 0) is 6.61 Å². The van der Waals surface area contributed by atoms with Crippen molar-refractivity contribution in [2.24, 2.45) is 0 Å². The van der Waals surface area contributed by atoms with Gasteiger partial charge in [-0.1, -0.05) is 18.2 Å². The highest BCUT2D eigenvalue weighted by Crippen LogP contribution is 2.23. The zero-order valence-corrected chi connectivity index (χ0v) is 13.1. The van der Waals surface area contributed by atoms with E-state index in [1.165, 1.54) is 0 Å². The number of carbonyl (C=O) groups is 1. The van der Waals surface area contributed by atoms with Crippen LogP contribution in [0.2, 0.25) is 0 Å². The minimum atomic E-state index is -0.234. The van der Waals surface area contributed by atoms with E-state index in [1.54, 1.807) is 12.1 Å². The number of benzene rings is 1. The molecule has 2 aromatic rings. The van der Waals surface area contributed by atoms with E-state index in [0.717, 1.165) is 16.9 Å². The molecular formula is C16H19NO3S. The fraction of sp³-hybridized carbons (Fsp3) is 0.312. The van der Waals surface area contributed by atoms with Crippen molar-refractivity contribution in [2.45, 2.75) is 20.5 Å². The molecule has 1 N–H and O–H groups in total. The second kappa shape index (κ2) is 7.22. The lowest BCUT2D eigenvalue weighted by Gasteiger charge is -2.10. The van der Waals surface area contributed by atoms with Gasteiger partial charge in [0.05, 0.1) is 0 Å². The van der Waals surface area contributed by atoms with Gasteiger partial charge in [-0.25, -0.2) is 0 Å².